The first kappa shape index (κ1) is 89.5. The molecule has 19 N–H and O–H groups in total. The minimum absolute atomic E-state index is 0.00975. The van der Waals surface area contributed by atoms with E-state index in [2.05, 4.69) is 63.1 Å². The highest BCUT2D eigenvalue weighted by atomic mass is 32.2. The molecule has 622 valence electrons. The Morgan fingerprint density at radius 2 is 1.13 bits per heavy atom. The van der Waals surface area contributed by atoms with Crippen molar-refractivity contribution in [3.8, 4) is 0 Å². The number of thioether (sulfide) groups is 2. The quantitative estimate of drug-likeness (QED) is 0.0606. The van der Waals surface area contributed by atoms with Crippen LogP contribution >= 0.6 is 23.5 Å². The maximum absolute atomic E-state index is 15.5. The van der Waals surface area contributed by atoms with E-state index in [1.165, 1.54) is 42.4 Å². The molecule has 2 aromatic heterocycles. The number of carbonyl (C=O) groups is 16. The number of ketones is 2. The maximum atomic E-state index is 15.5. The van der Waals surface area contributed by atoms with Crippen molar-refractivity contribution in [3.05, 3.63) is 72.1 Å². The summed E-state index contributed by atoms with van der Waals surface area (Å²) in [7, 11) is 0. The van der Waals surface area contributed by atoms with Gasteiger partial charge in [-0.2, -0.15) is 23.5 Å². The van der Waals surface area contributed by atoms with Crippen LogP contribution in [0.25, 0.3) is 21.8 Å². The monoisotopic (exact) mass is 1630 g/mol. The van der Waals surface area contributed by atoms with Crippen LogP contribution < -0.4 is 64.6 Å². The molecule has 4 aromatic rings. The molecule has 13 amide bonds. The first-order valence-corrected chi connectivity index (χ1v) is 40.6. The van der Waals surface area contributed by atoms with Gasteiger partial charge in [-0.05, 0) is 68.2 Å². The van der Waals surface area contributed by atoms with Crippen LogP contribution in [-0.4, -0.2) is 275 Å². The number of amides is 13. The highest BCUT2D eigenvalue weighted by Gasteiger charge is 2.44. The number of H-pyrrole nitrogens is 2. The number of aliphatic carboxylic acids is 1. The van der Waals surface area contributed by atoms with Crippen molar-refractivity contribution < 1.29 is 92.0 Å². The van der Waals surface area contributed by atoms with Crippen LogP contribution in [0, 0.1) is 23.7 Å². The maximum Gasteiger partial charge on any atom is 0.305 e. The van der Waals surface area contributed by atoms with Gasteiger partial charge in [-0.15, -0.1) is 0 Å². The van der Waals surface area contributed by atoms with E-state index >= 15 is 9.59 Å². The van der Waals surface area contributed by atoms with Crippen LogP contribution in [0.5, 0.6) is 0 Å². The highest BCUT2D eigenvalue weighted by Crippen LogP contribution is 2.27. The number of aliphatic hydroxyl groups is 2. The molecule has 4 saturated heterocycles. The van der Waals surface area contributed by atoms with Crippen molar-refractivity contribution in [3.63, 3.8) is 0 Å². The summed E-state index contributed by atoms with van der Waals surface area (Å²) < 4.78 is 0. The van der Waals surface area contributed by atoms with Crippen molar-refractivity contribution in [1.29, 1.82) is 0 Å². The molecule has 6 heterocycles. The van der Waals surface area contributed by atoms with Crippen molar-refractivity contribution in [2.24, 2.45) is 35.1 Å². The lowest BCUT2D eigenvalue weighted by Gasteiger charge is -2.35. The fourth-order valence-electron chi connectivity index (χ4n) is 14.1. The number of carbonyl (C=O) groups excluding carboxylic acids is 15. The van der Waals surface area contributed by atoms with E-state index in [-0.39, 0.29) is 87.6 Å². The Hall–Kier alpha value is -10.0. The molecule has 36 nitrogen and oxygen atoms in total. The Morgan fingerprint density at radius 1 is 0.596 bits per heavy atom. The summed E-state index contributed by atoms with van der Waals surface area (Å²) in [6.45, 7) is 7.45. The number of hydrogen-bond acceptors (Lipinski definition) is 22. The standard InChI is InChI=1S/C76H107N17O19S2/c1-8-43-28-58(96)65(42(7)94)90-68(104)46(29-57(95)41(6)77)35-113-24-19-60(98)91-22-23-92-38-76(112,37-91)82-33-54(86-67(43)103)72(108)84-52(27-45-32-80-50-17-12-10-15-48(45)50)71(107)88-63(39(2)3)74(110)85-53(30-62(100)101)69(105)81-34-59(97)83-51(26-44-31-79-49-16-11-9-14-47(44)49)70(106)89-64(40(4)5)75(111)93-21-13-18-56(93)73(109)87-55(66(78)102)36-114-25-20-61(92)99/h9-12,14-17,31-32,39-43,46,51-56,63-65,79-80,82,94,112H,8,13,18-30,33-38,77H2,1-7H3,(H2,78,102)(H,81,105)(H,83,97)(H,84,108)(H,85,110)(H,86,103)(H,87,109)(H,88,107)(H,89,106)(H,90,104)(H,100,101). The number of para-hydroxylation sites is 2. The minimum Gasteiger partial charge on any atom is -0.481 e. The van der Waals surface area contributed by atoms with Crippen LogP contribution in [0.2, 0.25) is 0 Å². The lowest BCUT2D eigenvalue weighted by atomic mass is 9.92. The molecule has 4 bridgehead atoms. The average Bonchev–Trinajstić information content (AvgIpc) is 1.27. The molecular weight excluding hydrogens is 1520 g/mol. The number of aliphatic hydroxyl groups excluding tert-OH is 1. The second-order valence-electron chi connectivity index (χ2n) is 30.2. The molecule has 2 aromatic carbocycles. The molecule has 14 atom stereocenters. The third kappa shape index (κ3) is 24.5. The first-order chi connectivity index (χ1) is 54.0. The van der Waals surface area contributed by atoms with E-state index in [1.54, 1.807) is 81.7 Å². The van der Waals surface area contributed by atoms with Crippen molar-refractivity contribution in [2.75, 3.05) is 68.8 Å². The number of nitrogens with one attached hydrogen (secondary N) is 12. The lowest BCUT2D eigenvalue weighted by molar-refractivity contribution is -0.143. The molecule has 0 radical (unpaired) electrons. The number of rotatable bonds is 14. The molecular formula is C76H107N17O19S2. The molecule has 4 fully saturated rings. The number of aromatic amines is 2. The van der Waals surface area contributed by atoms with Gasteiger partial charge in [0.25, 0.3) is 0 Å². The largest absolute Gasteiger partial charge is 0.481 e. The Kier molecular flexibility index (Phi) is 32.5. The lowest BCUT2D eigenvalue weighted by Crippen LogP contribution is -2.64. The molecule has 4 aliphatic heterocycles. The number of Topliss-reactive ketones (excluding diaryl/α,β-unsaturated/α-hetero) is 2. The van der Waals surface area contributed by atoms with Crippen LogP contribution in [0.3, 0.4) is 0 Å². The van der Waals surface area contributed by atoms with E-state index < -0.39 is 229 Å². The van der Waals surface area contributed by atoms with E-state index in [0.29, 0.717) is 39.4 Å². The van der Waals surface area contributed by atoms with Crippen LogP contribution in [0.4, 0.5) is 0 Å². The number of hydrogen-bond donors (Lipinski definition) is 17. The zero-order valence-electron chi connectivity index (χ0n) is 65.0. The Balaban J connectivity index is 1.18. The average molecular weight is 1630 g/mol. The normalized spacial score (nSPS) is 27.2. The second kappa shape index (κ2) is 41.3. The smallest absolute Gasteiger partial charge is 0.305 e. The van der Waals surface area contributed by atoms with Gasteiger partial charge in [0, 0.05) is 128 Å². The highest BCUT2D eigenvalue weighted by molar-refractivity contribution is 7.99. The zero-order valence-corrected chi connectivity index (χ0v) is 66.6. The number of fused-ring (bicyclic) bond motifs is 7. The number of nitrogens with zero attached hydrogens (tertiary/aromatic N) is 3. The van der Waals surface area contributed by atoms with Gasteiger partial charge in [0.2, 0.25) is 76.8 Å². The fraction of sp³-hybridized carbons (Fsp3) is 0.579. The van der Waals surface area contributed by atoms with Crippen molar-refractivity contribution in [2.45, 2.75) is 185 Å². The first-order valence-electron chi connectivity index (χ1n) is 38.3. The van der Waals surface area contributed by atoms with Crippen LogP contribution in [0.1, 0.15) is 111 Å². The van der Waals surface area contributed by atoms with Crippen LogP contribution in [-0.2, 0) is 89.6 Å². The van der Waals surface area contributed by atoms with E-state index in [9.17, 15) is 82.4 Å². The Morgan fingerprint density at radius 3 is 1.68 bits per heavy atom. The van der Waals surface area contributed by atoms with Gasteiger partial charge in [0.1, 0.15) is 60.2 Å². The Labute approximate surface area is 667 Å². The van der Waals surface area contributed by atoms with Gasteiger partial charge < -0.3 is 99.3 Å². The van der Waals surface area contributed by atoms with Gasteiger partial charge in [0.15, 0.2) is 11.5 Å². The van der Waals surface area contributed by atoms with Crippen molar-refractivity contribution in [1.82, 2.24) is 77.8 Å². The predicted molar refractivity (Wildman–Crippen MR) is 420 cm³/mol. The van der Waals surface area contributed by atoms with E-state index in [4.69, 9.17) is 11.5 Å². The molecule has 0 spiro atoms. The minimum atomic E-state index is -2.35. The fourth-order valence-corrected chi connectivity index (χ4v) is 16.1. The summed E-state index contributed by atoms with van der Waals surface area (Å²) in [5.41, 5.74) is 11.7. The summed E-state index contributed by atoms with van der Waals surface area (Å²) in [5.74, 6) is -18.7. The third-order valence-electron chi connectivity index (χ3n) is 20.7. The third-order valence-corrected chi connectivity index (χ3v) is 22.9. The van der Waals surface area contributed by atoms with Gasteiger partial charge in [-0.3, -0.25) is 82.0 Å². The second-order valence-corrected chi connectivity index (χ2v) is 32.5. The number of primary amides is 1. The molecule has 8 rings (SSSR count). The topological polar surface area (TPSA) is 547 Å². The Bertz CT molecular complexity index is 4210. The zero-order chi connectivity index (χ0) is 83.4. The molecule has 0 saturated carbocycles. The van der Waals surface area contributed by atoms with Gasteiger partial charge >= 0.3 is 5.97 Å². The van der Waals surface area contributed by atoms with Gasteiger partial charge in [0.05, 0.1) is 44.1 Å². The molecule has 114 heavy (non-hydrogen) atoms. The van der Waals surface area contributed by atoms with Gasteiger partial charge in [-0.1, -0.05) is 71.0 Å². The van der Waals surface area contributed by atoms with Crippen molar-refractivity contribution >= 4 is 140 Å². The number of benzene rings is 2. The molecule has 38 heteroatoms. The molecule has 14 unspecified atom stereocenters. The van der Waals surface area contributed by atoms with E-state index in [1.807, 2.05) is 0 Å². The molecule has 0 aliphatic carbocycles. The van der Waals surface area contributed by atoms with E-state index in [0.717, 1.165) is 23.5 Å². The summed E-state index contributed by atoms with van der Waals surface area (Å²) in [6, 6.07) is -1.03. The predicted octanol–water partition coefficient (Wildman–Crippen LogP) is -2.80. The number of aromatic nitrogens is 2. The summed E-state index contributed by atoms with van der Waals surface area (Å²) in [4.78, 5) is 239. The number of carboxylic acids is 1. The van der Waals surface area contributed by atoms with Gasteiger partial charge in [-0.25, -0.2) is 0 Å². The summed E-state index contributed by atoms with van der Waals surface area (Å²) >= 11 is 2.17. The van der Waals surface area contributed by atoms with Crippen LogP contribution in [0.15, 0.2) is 60.9 Å². The number of nitrogens with two attached hydrogens (primary N) is 2. The SMILES string of the molecule is CCC1CC(=O)C(C(C)O)NC(=O)C(CC(=O)C(C)N)CSCCC(=O)N2CCN3CC(O)(C2)NCC(NC1=O)C(=O)NC(Cc1c[nH]c2ccccc12)C(=O)NC(C(C)C)C(=O)NC(CC(=O)O)C(=O)NCC(=O)NC(Cc1c[nH]c2ccccc12)C(=O)NC(C(C)C)C(=O)N1CCCC1C(=O)NC(C(N)=O)CSCCC3=O. The summed E-state index contributed by atoms with van der Waals surface area (Å²) in [5, 5.41) is 61.7. The molecule has 4 aliphatic rings. The summed E-state index contributed by atoms with van der Waals surface area (Å²) in [6.07, 6.45) is -1.12. The number of carboxylic acid groups (broad SMARTS) is 1.